The number of anilines is 1. The second kappa shape index (κ2) is 5.87. The lowest BCUT2D eigenvalue weighted by atomic mass is 10.1. The third-order valence-electron chi connectivity index (χ3n) is 3.48. The molecule has 1 saturated heterocycles. The lowest BCUT2D eigenvalue weighted by molar-refractivity contribution is -0.384. The summed E-state index contributed by atoms with van der Waals surface area (Å²) in [4.78, 5) is 24.5. The number of non-ortho nitro benzene ring substituents is 1. The van der Waals surface area contributed by atoms with Crippen LogP contribution in [0.1, 0.15) is 16.8 Å². The van der Waals surface area contributed by atoms with E-state index >= 15 is 0 Å². The molecule has 1 aliphatic heterocycles. The monoisotopic (exact) mass is 279 g/mol. The van der Waals surface area contributed by atoms with Gasteiger partial charge in [0.2, 0.25) is 0 Å². The molecule has 108 valence electrons. The van der Waals surface area contributed by atoms with E-state index in [-0.39, 0.29) is 17.7 Å². The van der Waals surface area contributed by atoms with Crippen LogP contribution < -0.4 is 5.32 Å². The van der Waals surface area contributed by atoms with E-state index in [1.165, 1.54) is 12.1 Å². The number of carbonyl (C=O) groups is 1. The maximum Gasteiger partial charge on any atom is 0.270 e. The highest BCUT2D eigenvalue weighted by molar-refractivity contribution is 6.00. The summed E-state index contributed by atoms with van der Waals surface area (Å²) in [6, 6.07) is 4.24. The van der Waals surface area contributed by atoms with Gasteiger partial charge in [-0.3, -0.25) is 14.9 Å². The van der Waals surface area contributed by atoms with E-state index < -0.39 is 4.92 Å². The smallest absolute Gasteiger partial charge is 0.270 e. The Morgan fingerprint density at radius 1 is 1.55 bits per heavy atom. The number of likely N-dealkylation sites (tertiary alicyclic amines) is 1. The van der Waals surface area contributed by atoms with E-state index in [9.17, 15) is 14.9 Å². The molecule has 20 heavy (non-hydrogen) atoms. The number of amides is 1. The zero-order valence-corrected chi connectivity index (χ0v) is 11.5. The van der Waals surface area contributed by atoms with Crippen LogP contribution in [0.2, 0.25) is 0 Å². The van der Waals surface area contributed by atoms with Crippen LogP contribution in [0.25, 0.3) is 0 Å². The van der Waals surface area contributed by atoms with Crippen LogP contribution in [0.5, 0.6) is 0 Å². The van der Waals surface area contributed by atoms with E-state index in [4.69, 9.17) is 4.74 Å². The fraction of sp³-hybridized carbons (Fsp3) is 0.462. The molecule has 2 rings (SSSR count). The van der Waals surface area contributed by atoms with Crippen LogP contribution in [-0.2, 0) is 4.74 Å². The van der Waals surface area contributed by atoms with Gasteiger partial charge < -0.3 is 15.0 Å². The van der Waals surface area contributed by atoms with Crippen molar-refractivity contribution in [3.63, 3.8) is 0 Å². The summed E-state index contributed by atoms with van der Waals surface area (Å²) in [7, 11) is 3.30. The summed E-state index contributed by atoms with van der Waals surface area (Å²) in [5.41, 5.74) is 0.815. The molecule has 0 aliphatic carbocycles. The molecule has 7 heteroatoms. The van der Waals surface area contributed by atoms with E-state index in [1.807, 2.05) is 0 Å². The highest BCUT2D eigenvalue weighted by atomic mass is 16.6. The van der Waals surface area contributed by atoms with Crippen molar-refractivity contribution in [3.05, 3.63) is 33.9 Å². The molecule has 1 atom stereocenters. The molecular weight excluding hydrogens is 262 g/mol. The molecule has 0 bridgehead atoms. The van der Waals surface area contributed by atoms with Gasteiger partial charge in [-0.05, 0) is 12.5 Å². The number of methoxy groups -OCH3 is 1. The average molecular weight is 279 g/mol. The molecule has 0 radical (unpaired) electrons. The second-order valence-corrected chi connectivity index (χ2v) is 4.63. The van der Waals surface area contributed by atoms with Crippen molar-refractivity contribution in [2.75, 3.05) is 32.6 Å². The number of ether oxygens (including phenoxy) is 1. The highest BCUT2D eigenvalue weighted by Crippen LogP contribution is 2.25. The maximum absolute atomic E-state index is 12.5. The average Bonchev–Trinajstić information content (AvgIpc) is 2.94. The highest BCUT2D eigenvalue weighted by Gasteiger charge is 2.28. The van der Waals surface area contributed by atoms with Crippen LogP contribution in [0, 0.1) is 10.1 Å². The predicted molar refractivity (Wildman–Crippen MR) is 74.0 cm³/mol. The molecule has 1 unspecified atom stereocenters. The second-order valence-electron chi connectivity index (χ2n) is 4.63. The fourth-order valence-corrected chi connectivity index (χ4v) is 2.32. The Kier molecular flexibility index (Phi) is 4.19. The lowest BCUT2D eigenvalue weighted by Crippen LogP contribution is -2.30. The van der Waals surface area contributed by atoms with Gasteiger partial charge in [-0.2, -0.15) is 0 Å². The molecule has 1 aromatic rings. The van der Waals surface area contributed by atoms with Crippen LogP contribution in [0.15, 0.2) is 18.2 Å². The summed E-state index contributed by atoms with van der Waals surface area (Å²) >= 11 is 0. The Labute approximate surface area is 116 Å². The summed E-state index contributed by atoms with van der Waals surface area (Å²) in [6.45, 7) is 1.12. The Morgan fingerprint density at radius 3 is 2.85 bits per heavy atom. The normalized spacial score (nSPS) is 18.1. The first-order chi connectivity index (χ1) is 9.56. The van der Waals surface area contributed by atoms with Gasteiger partial charge in [0.1, 0.15) is 0 Å². The van der Waals surface area contributed by atoms with Crippen molar-refractivity contribution in [1.82, 2.24) is 4.90 Å². The van der Waals surface area contributed by atoms with Crippen molar-refractivity contribution in [3.8, 4) is 0 Å². The minimum Gasteiger partial charge on any atom is -0.387 e. The topological polar surface area (TPSA) is 84.7 Å². The first-order valence-electron chi connectivity index (χ1n) is 6.35. The van der Waals surface area contributed by atoms with E-state index in [0.29, 0.717) is 24.3 Å². The minimum absolute atomic E-state index is 0.0377. The maximum atomic E-state index is 12.5. The Bertz CT molecular complexity index is 532. The van der Waals surface area contributed by atoms with E-state index in [2.05, 4.69) is 5.32 Å². The first kappa shape index (κ1) is 14.3. The Morgan fingerprint density at radius 2 is 2.30 bits per heavy atom. The predicted octanol–water partition coefficient (Wildman–Crippen LogP) is 1.50. The van der Waals surface area contributed by atoms with E-state index in [1.54, 1.807) is 25.1 Å². The number of carbonyl (C=O) groups excluding carboxylic acids is 1. The standard InChI is InChI=1S/C13H17N3O4/c1-14-12-4-3-9(16(18)19)7-11(12)13(17)15-6-5-10(8-15)20-2/h3-4,7,10,14H,5-6,8H2,1-2H3. The molecule has 0 aromatic heterocycles. The third-order valence-corrected chi connectivity index (χ3v) is 3.48. The van der Waals surface area contributed by atoms with Crippen LogP contribution in [0.3, 0.4) is 0 Å². The number of nitrogens with zero attached hydrogens (tertiary/aromatic N) is 2. The van der Waals surface area contributed by atoms with Crippen molar-refractivity contribution in [2.24, 2.45) is 0 Å². The Balaban J connectivity index is 2.28. The number of nitro groups is 1. The number of nitro benzene ring substituents is 1. The van der Waals surface area contributed by atoms with Crippen LogP contribution >= 0.6 is 0 Å². The summed E-state index contributed by atoms with van der Waals surface area (Å²) < 4.78 is 5.23. The molecule has 1 heterocycles. The number of hydrogen-bond donors (Lipinski definition) is 1. The summed E-state index contributed by atoms with van der Waals surface area (Å²) in [5.74, 6) is -0.211. The molecule has 1 aliphatic rings. The summed E-state index contributed by atoms with van der Waals surface area (Å²) in [6.07, 6.45) is 0.821. The van der Waals surface area contributed by atoms with Crippen LogP contribution in [-0.4, -0.2) is 49.1 Å². The van der Waals surface area contributed by atoms with Crippen molar-refractivity contribution in [1.29, 1.82) is 0 Å². The van der Waals surface area contributed by atoms with Gasteiger partial charge in [0, 0.05) is 45.1 Å². The number of hydrogen-bond acceptors (Lipinski definition) is 5. The van der Waals surface area contributed by atoms with Gasteiger partial charge >= 0.3 is 0 Å². The van der Waals surface area contributed by atoms with Crippen molar-refractivity contribution in [2.45, 2.75) is 12.5 Å². The van der Waals surface area contributed by atoms with Gasteiger partial charge in [-0.25, -0.2) is 0 Å². The molecular formula is C13H17N3O4. The van der Waals surface area contributed by atoms with Crippen molar-refractivity contribution >= 4 is 17.3 Å². The quantitative estimate of drug-likeness (QED) is 0.667. The molecule has 7 nitrogen and oxygen atoms in total. The molecule has 0 spiro atoms. The SMILES string of the molecule is CNc1ccc([N+](=O)[O-])cc1C(=O)N1CCC(OC)C1. The minimum atomic E-state index is -0.502. The van der Waals surface area contributed by atoms with Crippen LogP contribution in [0.4, 0.5) is 11.4 Å². The fourth-order valence-electron chi connectivity index (χ4n) is 2.32. The van der Waals surface area contributed by atoms with Gasteiger partial charge in [0.25, 0.3) is 11.6 Å². The van der Waals surface area contributed by atoms with Gasteiger partial charge in [0.05, 0.1) is 16.6 Å². The largest absolute Gasteiger partial charge is 0.387 e. The zero-order chi connectivity index (χ0) is 14.7. The molecule has 1 N–H and O–H groups in total. The molecule has 1 aromatic carbocycles. The summed E-state index contributed by atoms with van der Waals surface area (Å²) in [5, 5.41) is 13.7. The van der Waals surface area contributed by atoms with Crippen molar-refractivity contribution < 1.29 is 14.5 Å². The number of nitrogens with one attached hydrogen (secondary N) is 1. The zero-order valence-electron chi connectivity index (χ0n) is 11.5. The third kappa shape index (κ3) is 2.72. The van der Waals surface area contributed by atoms with E-state index in [0.717, 1.165) is 6.42 Å². The molecule has 1 amide bonds. The number of rotatable bonds is 4. The molecule has 0 saturated carbocycles. The number of benzene rings is 1. The Hall–Kier alpha value is -2.15. The lowest BCUT2D eigenvalue weighted by Gasteiger charge is -2.18. The van der Waals surface area contributed by atoms with Gasteiger partial charge in [-0.1, -0.05) is 0 Å². The van der Waals surface area contributed by atoms with Gasteiger partial charge in [-0.15, -0.1) is 0 Å². The molecule has 1 fully saturated rings. The first-order valence-corrected chi connectivity index (χ1v) is 6.35. The van der Waals surface area contributed by atoms with Gasteiger partial charge in [0.15, 0.2) is 0 Å².